The van der Waals surface area contributed by atoms with E-state index < -0.39 is 0 Å². The fourth-order valence-electron chi connectivity index (χ4n) is 0.778. The van der Waals surface area contributed by atoms with Crippen molar-refractivity contribution >= 4 is 0 Å². The van der Waals surface area contributed by atoms with Gasteiger partial charge in [-0.15, -0.1) is 0 Å². The van der Waals surface area contributed by atoms with Crippen molar-refractivity contribution < 1.29 is 0 Å². The number of hydrogen-bond donors (Lipinski definition) is 0. The van der Waals surface area contributed by atoms with Crippen molar-refractivity contribution in [1.82, 2.24) is 0 Å². The standard InChI is InChI=1S/C10H16/c1-5-7-9(3)10(4)8-6-2/h5-8,10H,1H2,2-4H3/b8-6+,9-7-. The van der Waals surface area contributed by atoms with Crippen LogP contribution in [-0.2, 0) is 0 Å². The maximum atomic E-state index is 3.64. The third-order valence-electron chi connectivity index (χ3n) is 1.58. The maximum absolute atomic E-state index is 3.64. The Kier molecular flexibility index (Phi) is 4.65. The molecule has 0 nitrogen and oxygen atoms in total. The minimum absolute atomic E-state index is 0.544. The molecule has 0 bridgehead atoms. The first-order valence-corrected chi connectivity index (χ1v) is 3.64. The Morgan fingerprint density at radius 3 is 2.50 bits per heavy atom. The highest BCUT2D eigenvalue weighted by Gasteiger charge is 1.95. The molecule has 0 N–H and O–H groups in total. The van der Waals surface area contributed by atoms with Crippen molar-refractivity contribution in [2.45, 2.75) is 20.8 Å². The Balaban J connectivity index is 4.05. The van der Waals surface area contributed by atoms with Crippen LogP contribution < -0.4 is 0 Å². The van der Waals surface area contributed by atoms with Gasteiger partial charge in [-0.05, 0) is 19.8 Å². The average Bonchev–Trinajstić information content (AvgIpc) is 1.89. The summed E-state index contributed by atoms with van der Waals surface area (Å²) in [6.45, 7) is 9.98. The fraction of sp³-hybridized carbons (Fsp3) is 0.400. The van der Waals surface area contributed by atoms with E-state index in [1.165, 1.54) is 5.57 Å². The molecule has 0 aliphatic heterocycles. The molecule has 0 aromatic carbocycles. The van der Waals surface area contributed by atoms with Crippen molar-refractivity contribution in [3.8, 4) is 0 Å². The van der Waals surface area contributed by atoms with Crippen molar-refractivity contribution in [1.29, 1.82) is 0 Å². The fourth-order valence-corrected chi connectivity index (χ4v) is 0.778. The smallest absolute Gasteiger partial charge is 0.00514 e. The molecule has 56 valence electrons. The van der Waals surface area contributed by atoms with Gasteiger partial charge in [0.25, 0.3) is 0 Å². The van der Waals surface area contributed by atoms with Gasteiger partial charge in [-0.3, -0.25) is 0 Å². The SMILES string of the molecule is C=C/C=C(/C)C(C)/C=C/C. The molecule has 1 unspecified atom stereocenters. The molecule has 0 aliphatic rings. The van der Waals surface area contributed by atoms with E-state index in [4.69, 9.17) is 0 Å². The lowest BCUT2D eigenvalue weighted by atomic mass is 10.0. The van der Waals surface area contributed by atoms with E-state index >= 15 is 0 Å². The van der Waals surface area contributed by atoms with E-state index in [9.17, 15) is 0 Å². The minimum Gasteiger partial charge on any atom is -0.0991 e. The Bertz CT molecular complexity index is 149. The second-order valence-corrected chi connectivity index (χ2v) is 2.46. The first-order chi connectivity index (χ1) is 4.72. The Morgan fingerprint density at radius 2 is 2.10 bits per heavy atom. The molecule has 1 atom stereocenters. The Morgan fingerprint density at radius 1 is 1.50 bits per heavy atom. The van der Waals surface area contributed by atoms with Gasteiger partial charge in [0.05, 0.1) is 0 Å². The lowest BCUT2D eigenvalue weighted by Gasteiger charge is -2.03. The molecular formula is C10H16. The monoisotopic (exact) mass is 136 g/mol. The van der Waals surface area contributed by atoms with Crippen molar-refractivity contribution in [2.75, 3.05) is 0 Å². The quantitative estimate of drug-likeness (QED) is 0.412. The molecule has 0 spiro atoms. The van der Waals surface area contributed by atoms with Gasteiger partial charge in [0.15, 0.2) is 0 Å². The highest BCUT2D eigenvalue weighted by atomic mass is 14.0. The Labute approximate surface area is 64.0 Å². The molecule has 0 amide bonds. The van der Waals surface area contributed by atoms with Gasteiger partial charge < -0.3 is 0 Å². The number of hydrogen-bond acceptors (Lipinski definition) is 0. The van der Waals surface area contributed by atoms with Crippen LogP contribution in [0, 0.1) is 5.92 Å². The maximum Gasteiger partial charge on any atom is -0.00514 e. The molecule has 0 saturated heterocycles. The molecular weight excluding hydrogens is 120 g/mol. The molecule has 0 heterocycles. The normalized spacial score (nSPS) is 15.7. The highest BCUT2D eigenvalue weighted by Crippen LogP contribution is 2.10. The second-order valence-electron chi connectivity index (χ2n) is 2.46. The second kappa shape index (κ2) is 5.04. The van der Waals surface area contributed by atoms with Crippen LogP contribution in [0.25, 0.3) is 0 Å². The van der Waals surface area contributed by atoms with Gasteiger partial charge in [0, 0.05) is 0 Å². The van der Waals surface area contributed by atoms with E-state index in [2.05, 4.69) is 32.6 Å². The average molecular weight is 136 g/mol. The van der Waals surface area contributed by atoms with Crippen LogP contribution in [-0.4, -0.2) is 0 Å². The molecule has 10 heavy (non-hydrogen) atoms. The minimum atomic E-state index is 0.544. The van der Waals surface area contributed by atoms with Crippen molar-refractivity contribution in [3.63, 3.8) is 0 Å². The molecule has 0 aliphatic carbocycles. The Hall–Kier alpha value is -0.780. The van der Waals surface area contributed by atoms with Crippen molar-refractivity contribution in [3.05, 3.63) is 36.5 Å². The van der Waals surface area contributed by atoms with Crippen LogP contribution in [0.2, 0.25) is 0 Å². The molecule has 0 saturated carbocycles. The van der Waals surface area contributed by atoms with Gasteiger partial charge in [-0.2, -0.15) is 0 Å². The first kappa shape index (κ1) is 9.22. The zero-order valence-electron chi connectivity index (χ0n) is 7.09. The third-order valence-corrected chi connectivity index (χ3v) is 1.58. The number of allylic oxidation sites excluding steroid dienone is 5. The molecule has 0 rings (SSSR count). The van der Waals surface area contributed by atoms with Gasteiger partial charge in [-0.25, -0.2) is 0 Å². The summed E-state index contributed by atoms with van der Waals surface area (Å²) < 4.78 is 0. The van der Waals surface area contributed by atoms with E-state index in [-0.39, 0.29) is 0 Å². The van der Waals surface area contributed by atoms with Crippen LogP contribution in [0.5, 0.6) is 0 Å². The summed E-state index contributed by atoms with van der Waals surface area (Å²) in [6.07, 6.45) is 8.13. The summed E-state index contributed by atoms with van der Waals surface area (Å²) >= 11 is 0. The molecule has 0 fully saturated rings. The zero-order valence-corrected chi connectivity index (χ0v) is 7.09. The molecule has 0 heteroatoms. The summed E-state index contributed by atoms with van der Waals surface area (Å²) in [5.41, 5.74) is 1.35. The van der Waals surface area contributed by atoms with Gasteiger partial charge in [-0.1, -0.05) is 43.4 Å². The molecule has 0 radical (unpaired) electrons. The number of rotatable bonds is 3. The lowest BCUT2D eigenvalue weighted by molar-refractivity contribution is 0.861. The summed E-state index contributed by atoms with van der Waals surface area (Å²) in [6, 6.07) is 0. The van der Waals surface area contributed by atoms with Crippen LogP contribution in [0.1, 0.15) is 20.8 Å². The zero-order chi connectivity index (χ0) is 7.98. The van der Waals surface area contributed by atoms with Crippen LogP contribution >= 0.6 is 0 Å². The van der Waals surface area contributed by atoms with E-state index in [1.54, 1.807) is 0 Å². The predicted octanol–water partition coefficient (Wildman–Crippen LogP) is 3.33. The van der Waals surface area contributed by atoms with Crippen LogP contribution in [0.15, 0.2) is 36.5 Å². The van der Waals surface area contributed by atoms with Gasteiger partial charge in [0.1, 0.15) is 0 Å². The van der Waals surface area contributed by atoms with E-state index in [1.807, 2.05) is 19.1 Å². The van der Waals surface area contributed by atoms with Crippen LogP contribution in [0.3, 0.4) is 0 Å². The van der Waals surface area contributed by atoms with E-state index in [0.29, 0.717) is 5.92 Å². The van der Waals surface area contributed by atoms with Crippen molar-refractivity contribution in [2.24, 2.45) is 5.92 Å². The van der Waals surface area contributed by atoms with Gasteiger partial charge >= 0.3 is 0 Å². The molecule has 0 aromatic heterocycles. The first-order valence-electron chi connectivity index (χ1n) is 3.64. The lowest BCUT2D eigenvalue weighted by Crippen LogP contribution is -1.89. The summed E-state index contributed by atoms with van der Waals surface area (Å²) in [5, 5.41) is 0. The highest BCUT2D eigenvalue weighted by molar-refractivity contribution is 5.14. The topological polar surface area (TPSA) is 0 Å². The summed E-state index contributed by atoms with van der Waals surface area (Å²) in [7, 11) is 0. The predicted molar refractivity (Wildman–Crippen MR) is 47.9 cm³/mol. The summed E-state index contributed by atoms with van der Waals surface area (Å²) in [5.74, 6) is 0.544. The van der Waals surface area contributed by atoms with Gasteiger partial charge in [0.2, 0.25) is 0 Å². The summed E-state index contributed by atoms with van der Waals surface area (Å²) in [4.78, 5) is 0. The molecule has 0 aromatic rings. The largest absolute Gasteiger partial charge is 0.0991 e. The third kappa shape index (κ3) is 3.29. The van der Waals surface area contributed by atoms with E-state index in [0.717, 1.165) is 0 Å². The van der Waals surface area contributed by atoms with Crippen LogP contribution in [0.4, 0.5) is 0 Å².